The largest absolute Gasteiger partial charge is 0.457 e. The van der Waals surface area contributed by atoms with Crippen LogP contribution in [0.5, 0.6) is 11.5 Å². The van der Waals surface area contributed by atoms with Gasteiger partial charge in [0.2, 0.25) is 0 Å². The Kier molecular flexibility index (Phi) is 2.72. The highest BCUT2D eigenvalue weighted by Crippen LogP contribution is 2.24. The first-order valence-corrected chi connectivity index (χ1v) is 4.97. The molecule has 0 aliphatic carbocycles. The zero-order chi connectivity index (χ0) is 10.7. The molecule has 0 saturated carbocycles. The van der Waals surface area contributed by atoms with Crippen LogP contribution < -0.4 is 4.74 Å². The van der Waals surface area contributed by atoms with Crippen LogP contribution in [0.25, 0.3) is 0 Å². The lowest BCUT2D eigenvalue weighted by atomic mass is 10.1. The lowest BCUT2D eigenvalue weighted by Gasteiger charge is -2.08. The molecule has 0 fully saturated rings. The van der Waals surface area contributed by atoms with E-state index >= 15 is 0 Å². The number of benzene rings is 2. The predicted octanol–water partition coefficient (Wildman–Crippen LogP) is 3.90. The van der Waals surface area contributed by atoms with Gasteiger partial charge in [0, 0.05) is 0 Å². The summed E-state index contributed by atoms with van der Waals surface area (Å²) in [5.74, 6) is 1.73. The Morgan fingerprint density at radius 1 is 1.13 bits per heavy atom. The van der Waals surface area contributed by atoms with E-state index in [4.69, 9.17) is 4.74 Å². The van der Waals surface area contributed by atoms with E-state index in [2.05, 4.69) is 32.0 Å². The van der Waals surface area contributed by atoms with Crippen molar-refractivity contribution in [2.24, 2.45) is 0 Å². The minimum atomic E-state index is 0.824. The molecule has 0 atom stereocenters. The average molecular weight is 197 g/mol. The first-order chi connectivity index (χ1) is 7.25. The van der Waals surface area contributed by atoms with Crippen molar-refractivity contribution in [1.82, 2.24) is 0 Å². The number of rotatable bonds is 2. The second kappa shape index (κ2) is 4.18. The molecule has 0 saturated heterocycles. The molecule has 75 valence electrons. The summed E-state index contributed by atoms with van der Waals surface area (Å²) in [5.41, 5.74) is 2.40. The first kappa shape index (κ1) is 9.78. The molecule has 0 N–H and O–H groups in total. The van der Waals surface area contributed by atoms with Crippen LogP contribution in [0.2, 0.25) is 0 Å². The van der Waals surface area contributed by atoms with Gasteiger partial charge in [0.25, 0.3) is 0 Å². The van der Waals surface area contributed by atoms with Crippen LogP contribution >= 0.6 is 0 Å². The summed E-state index contributed by atoms with van der Waals surface area (Å²) in [6, 6.07) is 16.7. The van der Waals surface area contributed by atoms with Crippen molar-refractivity contribution in [3.8, 4) is 11.5 Å². The second-order valence-electron chi connectivity index (χ2n) is 3.61. The molecule has 1 nitrogen and oxygen atoms in total. The Morgan fingerprint density at radius 3 is 2.67 bits per heavy atom. The third-order valence-electron chi connectivity index (χ3n) is 2.24. The highest BCUT2D eigenvalue weighted by molar-refractivity contribution is 5.39. The van der Waals surface area contributed by atoms with Gasteiger partial charge in [-0.05, 0) is 43.7 Å². The van der Waals surface area contributed by atoms with Gasteiger partial charge in [-0.25, -0.2) is 0 Å². The van der Waals surface area contributed by atoms with Gasteiger partial charge < -0.3 is 4.74 Å². The van der Waals surface area contributed by atoms with Gasteiger partial charge in [-0.1, -0.05) is 29.8 Å². The normalized spacial score (nSPS) is 10.0. The van der Waals surface area contributed by atoms with Crippen LogP contribution in [0.1, 0.15) is 11.1 Å². The second-order valence-corrected chi connectivity index (χ2v) is 3.61. The molecule has 0 aliphatic heterocycles. The highest BCUT2D eigenvalue weighted by Gasteiger charge is 2.00. The fourth-order valence-corrected chi connectivity index (χ4v) is 1.48. The summed E-state index contributed by atoms with van der Waals surface area (Å²) in [6.07, 6.45) is 0. The summed E-state index contributed by atoms with van der Waals surface area (Å²) < 4.78 is 5.73. The maximum Gasteiger partial charge on any atom is 0.130 e. The minimum absolute atomic E-state index is 0.824. The zero-order valence-electron chi connectivity index (χ0n) is 8.95. The fraction of sp³-hybridized carbons (Fsp3) is 0.143. The van der Waals surface area contributed by atoms with E-state index in [9.17, 15) is 0 Å². The third kappa shape index (κ3) is 2.38. The highest BCUT2D eigenvalue weighted by atomic mass is 16.5. The van der Waals surface area contributed by atoms with Gasteiger partial charge in [0.1, 0.15) is 11.5 Å². The van der Waals surface area contributed by atoms with Crippen LogP contribution in [0.3, 0.4) is 0 Å². The van der Waals surface area contributed by atoms with E-state index in [1.165, 1.54) is 5.56 Å². The zero-order valence-corrected chi connectivity index (χ0v) is 8.95. The average Bonchev–Trinajstić information content (AvgIpc) is 2.24. The minimum Gasteiger partial charge on any atom is -0.457 e. The van der Waals surface area contributed by atoms with Gasteiger partial charge in [-0.15, -0.1) is 0 Å². The molecule has 0 amide bonds. The molecule has 1 radical (unpaired) electrons. The molecule has 2 aromatic rings. The molecule has 0 spiro atoms. The Balaban J connectivity index is 2.25. The van der Waals surface area contributed by atoms with Crippen LogP contribution in [0.4, 0.5) is 0 Å². The van der Waals surface area contributed by atoms with Crippen molar-refractivity contribution in [3.05, 3.63) is 59.7 Å². The van der Waals surface area contributed by atoms with Crippen LogP contribution in [-0.2, 0) is 0 Å². The molecular formula is C14H13O. The first-order valence-electron chi connectivity index (χ1n) is 4.97. The van der Waals surface area contributed by atoms with Gasteiger partial charge in [-0.2, -0.15) is 0 Å². The van der Waals surface area contributed by atoms with E-state index in [0.29, 0.717) is 0 Å². The summed E-state index contributed by atoms with van der Waals surface area (Å²) in [6.45, 7) is 4.13. The quantitative estimate of drug-likeness (QED) is 0.709. The van der Waals surface area contributed by atoms with E-state index < -0.39 is 0 Å². The summed E-state index contributed by atoms with van der Waals surface area (Å²) in [7, 11) is 0. The molecule has 0 aromatic heterocycles. The molecule has 0 bridgehead atoms. The maximum absolute atomic E-state index is 5.73. The monoisotopic (exact) mass is 197 g/mol. The maximum atomic E-state index is 5.73. The Bertz CT molecular complexity index is 446. The molecule has 15 heavy (non-hydrogen) atoms. The topological polar surface area (TPSA) is 9.23 Å². The van der Waals surface area contributed by atoms with E-state index in [-0.39, 0.29) is 0 Å². The van der Waals surface area contributed by atoms with Crippen molar-refractivity contribution in [3.63, 3.8) is 0 Å². The van der Waals surface area contributed by atoms with Crippen LogP contribution in [0.15, 0.2) is 42.5 Å². The summed E-state index contributed by atoms with van der Waals surface area (Å²) in [5, 5.41) is 0. The standard InChI is InChI=1S/C14H13O/c1-11-8-9-14(12(2)10-11)15-13-6-4-3-5-7-13/h3-4,6-10H,1-2H3. The van der Waals surface area contributed by atoms with E-state index in [1.807, 2.05) is 30.3 Å². The molecule has 0 unspecified atom stereocenters. The summed E-state index contributed by atoms with van der Waals surface area (Å²) in [4.78, 5) is 0. The third-order valence-corrected chi connectivity index (χ3v) is 2.24. The van der Waals surface area contributed by atoms with Crippen LogP contribution in [0, 0.1) is 19.9 Å². The van der Waals surface area contributed by atoms with Gasteiger partial charge in [0.15, 0.2) is 0 Å². The Morgan fingerprint density at radius 2 is 2.00 bits per heavy atom. The van der Waals surface area contributed by atoms with E-state index in [1.54, 1.807) is 0 Å². The van der Waals surface area contributed by atoms with Gasteiger partial charge >= 0.3 is 0 Å². The molecule has 2 rings (SSSR count). The van der Waals surface area contributed by atoms with Gasteiger partial charge in [0.05, 0.1) is 0 Å². The number of hydrogen-bond acceptors (Lipinski definition) is 1. The molecule has 0 aliphatic rings. The lowest BCUT2D eigenvalue weighted by Crippen LogP contribution is -1.87. The Hall–Kier alpha value is -1.76. The predicted molar refractivity (Wildman–Crippen MR) is 61.3 cm³/mol. The van der Waals surface area contributed by atoms with Crippen molar-refractivity contribution in [2.45, 2.75) is 13.8 Å². The lowest BCUT2D eigenvalue weighted by molar-refractivity contribution is 0.478. The SMILES string of the molecule is Cc1ccc(Oc2c[c]ccc2)c(C)c1. The van der Waals surface area contributed by atoms with Crippen molar-refractivity contribution in [1.29, 1.82) is 0 Å². The Labute approximate surface area is 90.3 Å². The van der Waals surface area contributed by atoms with Crippen LogP contribution in [-0.4, -0.2) is 0 Å². The number of hydrogen-bond donors (Lipinski definition) is 0. The van der Waals surface area contributed by atoms with Crippen molar-refractivity contribution in [2.75, 3.05) is 0 Å². The molecular weight excluding hydrogens is 184 g/mol. The number of aryl methyl sites for hydroxylation is 2. The van der Waals surface area contributed by atoms with Crippen molar-refractivity contribution >= 4 is 0 Å². The molecule has 2 aromatic carbocycles. The fourth-order valence-electron chi connectivity index (χ4n) is 1.48. The number of ether oxygens (including phenoxy) is 1. The smallest absolute Gasteiger partial charge is 0.130 e. The molecule has 0 heterocycles. The molecule has 1 heteroatoms. The summed E-state index contributed by atoms with van der Waals surface area (Å²) >= 11 is 0. The van der Waals surface area contributed by atoms with E-state index in [0.717, 1.165) is 17.1 Å². The van der Waals surface area contributed by atoms with Gasteiger partial charge in [-0.3, -0.25) is 0 Å². The van der Waals surface area contributed by atoms with Crippen molar-refractivity contribution < 1.29 is 4.74 Å².